The van der Waals surface area contributed by atoms with Crippen LogP contribution in [0.4, 0.5) is 13.2 Å². The Labute approximate surface area is 122 Å². The minimum atomic E-state index is -4.40. The molecular formula is C15H20F3N3. The van der Waals surface area contributed by atoms with Crippen LogP contribution >= 0.6 is 0 Å². The highest BCUT2D eigenvalue weighted by molar-refractivity contribution is 5.31. The van der Waals surface area contributed by atoms with Crippen molar-refractivity contribution in [1.82, 2.24) is 15.3 Å². The van der Waals surface area contributed by atoms with E-state index in [1.165, 1.54) is 0 Å². The molecular weight excluding hydrogens is 279 g/mol. The Hall–Kier alpha value is -1.17. The predicted molar refractivity (Wildman–Crippen MR) is 72.6 cm³/mol. The number of hydrogen-bond acceptors (Lipinski definition) is 3. The maximum atomic E-state index is 13.2. The summed E-state index contributed by atoms with van der Waals surface area (Å²) in [5.74, 6) is 0.449. The highest BCUT2D eigenvalue weighted by Crippen LogP contribution is 2.42. The van der Waals surface area contributed by atoms with Gasteiger partial charge in [-0.25, -0.2) is 9.97 Å². The molecule has 0 bridgehead atoms. The van der Waals surface area contributed by atoms with Crippen molar-refractivity contribution in [2.24, 2.45) is 5.41 Å². The quantitative estimate of drug-likeness (QED) is 0.857. The number of rotatable bonds is 1. The average molecular weight is 299 g/mol. The molecule has 116 valence electrons. The summed E-state index contributed by atoms with van der Waals surface area (Å²) in [5.41, 5.74) is 0.290. The smallest absolute Gasteiger partial charge is 0.307 e. The van der Waals surface area contributed by atoms with Gasteiger partial charge in [-0.3, -0.25) is 0 Å². The van der Waals surface area contributed by atoms with Gasteiger partial charge in [-0.2, -0.15) is 13.2 Å². The number of alkyl halides is 3. The van der Waals surface area contributed by atoms with Crippen molar-refractivity contribution < 1.29 is 13.2 Å². The van der Waals surface area contributed by atoms with E-state index in [4.69, 9.17) is 0 Å². The molecule has 1 saturated carbocycles. The molecule has 1 N–H and O–H groups in total. The van der Waals surface area contributed by atoms with Crippen LogP contribution in [0.25, 0.3) is 0 Å². The fourth-order valence-corrected chi connectivity index (χ4v) is 3.26. The zero-order valence-electron chi connectivity index (χ0n) is 12.3. The molecule has 2 heterocycles. The van der Waals surface area contributed by atoms with Crippen LogP contribution < -0.4 is 5.32 Å². The van der Waals surface area contributed by atoms with E-state index >= 15 is 0 Å². The fourth-order valence-electron chi connectivity index (χ4n) is 3.26. The Morgan fingerprint density at radius 3 is 2.38 bits per heavy atom. The van der Waals surface area contributed by atoms with Crippen LogP contribution in [0, 0.1) is 5.41 Å². The molecule has 3 rings (SSSR count). The number of nitrogens with one attached hydrogen (secondary N) is 1. The van der Waals surface area contributed by atoms with Crippen molar-refractivity contribution in [2.75, 3.05) is 0 Å². The van der Waals surface area contributed by atoms with Crippen molar-refractivity contribution in [2.45, 2.75) is 64.7 Å². The summed E-state index contributed by atoms with van der Waals surface area (Å²) in [4.78, 5) is 8.34. The molecule has 21 heavy (non-hydrogen) atoms. The first-order chi connectivity index (χ1) is 9.76. The number of nitrogens with zero attached hydrogens (tertiary/aromatic N) is 2. The van der Waals surface area contributed by atoms with Crippen molar-refractivity contribution in [3.05, 3.63) is 22.8 Å². The highest BCUT2D eigenvalue weighted by atomic mass is 19.4. The Morgan fingerprint density at radius 1 is 1.10 bits per heavy atom. The summed E-state index contributed by atoms with van der Waals surface area (Å²) in [6.07, 6.45) is -0.635. The predicted octanol–water partition coefficient (Wildman–Crippen LogP) is 3.78. The van der Waals surface area contributed by atoms with E-state index in [0.29, 0.717) is 18.1 Å². The lowest BCUT2D eigenvalue weighted by molar-refractivity contribution is -0.142. The summed E-state index contributed by atoms with van der Waals surface area (Å²) >= 11 is 0. The highest BCUT2D eigenvalue weighted by Gasteiger charge is 2.39. The largest absolute Gasteiger partial charge is 0.433 e. The normalized spacial score (nSPS) is 22.3. The second-order valence-electron chi connectivity index (χ2n) is 6.90. The first-order valence-corrected chi connectivity index (χ1v) is 7.44. The second-order valence-corrected chi connectivity index (χ2v) is 6.90. The maximum Gasteiger partial charge on any atom is 0.433 e. The molecule has 1 aromatic rings. The third kappa shape index (κ3) is 2.91. The second kappa shape index (κ2) is 4.93. The first-order valence-electron chi connectivity index (χ1n) is 7.44. The fraction of sp³-hybridized carbons (Fsp3) is 0.733. The zero-order valence-corrected chi connectivity index (χ0v) is 12.3. The van der Waals surface area contributed by atoms with E-state index in [1.807, 2.05) is 0 Å². The van der Waals surface area contributed by atoms with Gasteiger partial charge in [-0.1, -0.05) is 13.8 Å². The summed E-state index contributed by atoms with van der Waals surface area (Å²) in [6.45, 7) is 5.03. The monoisotopic (exact) mass is 299 g/mol. The van der Waals surface area contributed by atoms with Gasteiger partial charge in [0.05, 0.1) is 5.69 Å². The minimum Gasteiger partial charge on any atom is -0.307 e. The van der Waals surface area contributed by atoms with Gasteiger partial charge in [0.2, 0.25) is 0 Å². The van der Waals surface area contributed by atoms with Crippen LogP contribution in [-0.4, -0.2) is 9.97 Å². The van der Waals surface area contributed by atoms with Gasteiger partial charge in [-0.15, -0.1) is 0 Å². The average Bonchev–Trinajstić information content (AvgIpc) is 2.84. The molecule has 0 saturated heterocycles. The van der Waals surface area contributed by atoms with Gasteiger partial charge >= 0.3 is 6.18 Å². The van der Waals surface area contributed by atoms with Gasteiger partial charge in [0.15, 0.2) is 5.69 Å². The molecule has 1 aliphatic carbocycles. The van der Waals surface area contributed by atoms with Gasteiger partial charge in [0.25, 0.3) is 0 Å². The lowest BCUT2D eigenvalue weighted by Gasteiger charge is -2.33. The standard InChI is InChI=1S/C15H20F3N3/c1-14(2)5-3-9(4-6-14)13-20-11-8-19-7-10(11)12(21-13)15(16,17)18/h9,19H,3-8H2,1-2H3. The van der Waals surface area contributed by atoms with Crippen LogP contribution in [0.3, 0.4) is 0 Å². The zero-order chi connectivity index (χ0) is 15.3. The summed E-state index contributed by atoms with van der Waals surface area (Å²) in [7, 11) is 0. The van der Waals surface area contributed by atoms with Gasteiger partial charge in [0, 0.05) is 24.6 Å². The molecule has 1 fully saturated rings. The summed E-state index contributed by atoms with van der Waals surface area (Å²) < 4.78 is 39.6. The van der Waals surface area contributed by atoms with Crippen molar-refractivity contribution in [1.29, 1.82) is 0 Å². The molecule has 0 atom stereocenters. The van der Waals surface area contributed by atoms with Crippen LogP contribution in [-0.2, 0) is 19.3 Å². The van der Waals surface area contributed by atoms with Crippen molar-refractivity contribution in [3.8, 4) is 0 Å². The third-order valence-electron chi connectivity index (χ3n) is 4.68. The topological polar surface area (TPSA) is 37.8 Å². The van der Waals surface area contributed by atoms with Crippen LogP contribution in [0.15, 0.2) is 0 Å². The lowest BCUT2D eigenvalue weighted by atomic mass is 9.73. The van der Waals surface area contributed by atoms with Crippen LogP contribution in [0.5, 0.6) is 0 Å². The Morgan fingerprint density at radius 2 is 1.76 bits per heavy atom. The molecule has 0 amide bonds. The Kier molecular flexibility index (Phi) is 3.47. The van der Waals surface area contributed by atoms with E-state index in [1.54, 1.807) is 0 Å². The molecule has 2 aliphatic rings. The number of halogens is 3. The minimum absolute atomic E-state index is 0.0602. The Balaban J connectivity index is 1.94. The van der Waals surface area contributed by atoms with Gasteiger partial charge in [-0.05, 0) is 31.1 Å². The molecule has 0 unspecified atom stereocenters. The molecule has 0 aromatic carbocycles. The van der Waals surface area contributed by atoms with Crippen molar-refractivity contribution in [3.63, 3.8) is 0 Å². The van der Waals surface area contributed by atoms with E-state index < -0.39 is 11.9 Å². The molecule has 1 aromatic heterocycles. The van der Waals surface area contributed by atoms with Crippen LogP contribution in [0.2, 0.25) is 0 Å². The third-order valence-corrected chi connectivity index (χ3v) is 4.68. The SMILES string of the molecule is CC1(C)CCC(c2nc3c(c(C(F)(F)F)n2)CNC3)CC1. The molecule has 1 aliphatic heterocycles. The molecule has 6 heteroatoms. The maximum absolute atomic E-state index is 13.2. The lowest BCUT2D eigenvalue weighted by Crippen LogP contribution is -2.23. The number of fused-ring (bicyclic) bond motifs is 1. The van der Waals surface area contributed by atoms with Crippen molar-refractivity contribution >= 4 is 0 Å². The van der Waals surface area contributed by atoms with Crippen LogP contribution in [0.1, 0.15) is 68.2 Å². The van der Waals surface area contributed by atoms with Gasteiger partial charge in [0.1, 0.15) is 5.82 Å². The molecule has 0 spiro atoms. The van der Waals surface area contributed by atoms with E-state index in [-0.39, 0.29) is 23.4 Å². The number of hydrogen-bond donors (Lipinski definition) is 1. The van der Waals surface area contributed by atoms with E-state index in [0.717, 1.165) is 25.7 Å². The van der Waals surface area contributed by atoms with Gasteiger partial charge < -0.3 is 5.32 Å². The molecule has 0 radical (unpaired) electrons. The summed E-state index contributed by atoms with van der Waals surface area (Å²) in [5, 5.41) is 2.94. The molecule has 3 nitrogen and oxygen atoms in total. The van der Waals surface area contributed by atoms with E-state index in [9.17, 15) is 13.2 Å². The summed E-state index contributed by atoms with van der Waals surface area (Å²) in [6, 6.07) is 0. The first kappa shape index (κ1) is 14.8. The van der Waals surface area contributed by atoms with E-state index in [2.05, 4.69) is 29.1 Å². The Bertz CT molecular complexity index is 542. The number of aromatic nitrogens is 2.